The lowest BCUT2D eigenvalue weighted by atomic mass is 9.81. The van der Waals surface area contributed by atoms with Crippen LogP contribution in [0.25, 0.3) is 0 Å². The molecule has 2 aromatic rings. The average Bonchev–Trinajstić information content (AvgIpc) is 3.20. The molecule has 6 heteroatoms. The van der Waals surface area contributed by atoms with Gasteiger partial charge in [-0.2, -0.15) is 0 Å². The van der Waals surface area contributed by atoms with Crippen LogP contribution in [0.2, 0.25) is 0 Å². The summed E-state index contributed by atoms with van der Waals surface area (Å²) in [6, 6.07) is 5.58. The smallest absolute Gasteiger partial charge is 0.257 e. The Balaban J connectivity index is 1.49. The molecule has 0 saturated carbocycles. The maximum atomic E-state index is 12.8. The lowest BCUT2D eigenvalue weighted by Gasteiger charge is -2.43. The first-order valence-electron chi connectivity index (χ1n) is 9.03. The Hall–Kier alpha value is -2.63. The number of hydrogen-bond donors (Lipinski definition) is 0. The quantitative estimate of drug-likeness (QED) is 0.832. The van der Waals surface area contributed by atoms with Crippen molar-refractivity contribution in [1.29, 1.82) is 0 Å². The van der Waals surface area contributed by atoms with Gasteiger partial charge in [-0.05, 0) is 43.9 Å². The molecule has 2 saturated heterocycles. The molecule has 0 radical (unpaired) electrons. The highest BCUT2D eigenvalue weighted by Gasteiger charge is 2.51. The predicted molar refractivity (Wildman–Crippen MR) is 95.7 cm³/mol. The molecule has 0 unspecified atom stereocenters. The molecule has 0 aromatic carbocycles. The summed E-state index contributed by atoms with van der Waals surface area (Å²) in [5, 5.41) is 0. The maximum Gasteiger partial charge on any atom is 0.257 e. The van der Waals surface area contributed by atoms with Crippen molar-refractivity contribution in [3.05, 3.63) is 53.7 Å². The second kappa shape index (κ2) is 6.27. The van der Waals surface area contributed by atoms with Crippen LogP contribution in [0.3, 0.4) is 0 Å². The summed E-state index contributed by atoms with van der Waals surface area (Å²) in [7, 11) is 1.90. The summed E-state index contributed by atoms with van der Waals surface area (Å²) in [5.74, 6) is 0.692. The van der Waals surface area contributed by atoms with Crippen LogP contribution in [-0.2, 0) is 4.79 Å². The Morgan fingerprint density at radius 3 is 2.69 bits per heavy atom. The zero-order chi connectivity index (χ0) is 18.3. The molecule has 2 aliphatic rings. The molecule has 0 bridgehead atoms. The molecule has 1 spiro atoms. The Bertz CT molecular complexity index is 822. The molecule has 0 N–H and O–H groups in total. The lowest BCUT2D eigenvalue weighted by Crippen LogP contribution is -2.52. The third kappa shape index (κ3) is 2.60. The number of hydrogen-bond acceptors (Lipinski definition) is 4. The zero-order valence-corrected chi connectivity index (χ0v) is 15.1. The molecular weight excluding hydrogens is 330 g/mol. The second-order valence-corrected chi connectivity index (χ2v) is 7.35. The zero-order valence-electron chi connectivity index (χ0n) is 15.1. The summed E-state index contributed by atoms with van der Waals surface area (Å²) in [5.41, 5.74) is 1.44. The number of likely N-dealkylation sites (N-methyl/N-ethyl adjacent to an activating group) is 1. The lowest BCUT2D eigenvalue weighted by molar-refractivity contribution is -0.131. The van der Waals surface area contributed by atoms with E-state index in [1.807, 2.05) is 29.0 Å². The van der Waals surface area contributed by atoms with Gasteiger partial charge in [0.1, 0.15) is 5.76 Å². The normalized spacial score (nSPS) is 22.2. The Morgan fingerprint density at radius 1 is 1.31 bits per heavy atom. The van der Waals surface area contributed by atoms with Gasteiger partial charge in [-0.1, -0.05) is 6.07 Å². The van der Waals surface area contributed by atoms with Crippen molar-refractivity contribution in [3.8, 4) is 0 Å². The van der Waals surface area contributed by atoms with Crippen LogP contribution in [0, 0.1) is 6.92 Å². The third-order valence-corrected chi connectivity index (χ3v) is 6.08. The highest BCUT2D eigenvalue weighted by molar-refractivity contribution is 5.95. The number of piperidine rings is 1. The van der Waals surface area contributed by atoms with Crippen LogP contribution in [0.1, 0.15) is 46.9 Å². The van der Waals surface area contributed by atoms with Gasteiger partial charge >= 0.3 is 0 Å². The number of carbonyl (C=O) groups excluding carboxylic acids is 2. The van der Waals surface area contributed by atoms with Gasteiger partial charge in [-0.15, -0.1) is 0 Å². The van der Waals surface area contributed by atoms with E-state index in [4.69, 9.17) is 4.42 Å². The monoisotopic (exact) mass is 353 g/mol. The fourth-order valence-corrected chi connectivity index (χ4v) is 4.36. The Kier molecular flexibility index (Phi) is 4.05. The van der Waals surface area contributed by atoms with Gasteiger partial charge in [0.05, 0.1) is 17.7 Å². The number of likely N-dealkylation sites (tertiary alicyclic amines) is 2. The van der Waals surface area contributed by atoms with Gasteiger partial charge in [0.15, 0.2) is 0 Å². The van der Waals surface area contributed by atoms with Gasteiger partial charge in [0, 0.05) is 38.1 Å². The van der Waals surface area contributed by atoms with E-state index >= 15 is 0 Å². The number of amides is 2. The van der Waals surface area contributed by atoms with Gasteiger partial charge in [-0.3, -0.25) is 14.6 Å². The molecular formula is C20H23N3O3. The van der Waals surface area contributed by atoms with E-state index in [-0.39, 0.29) is 23.3 Å². The molecule has 4 heterocycles. The van der Waals surface area contributed by atoms with Crippen LogP contribution < -0.4 is 0 Å². The molecule has 2 fully saturated rings. The van der Waals surface area contributed by atoms with Crippen molar-refractivity contribution in [2.45, 2.75) is 37.6 Å². The Morgan fingerprint density at radius 2 is 2.08 bits per heavy atom. The highest BCUT2D eigenvalue weighted by Crippen LogP contribution is 2.44. The molecule has 136 valence electrons. The van der Waals surface area contributed by atoms with E-state index in [0.29, 0.717) is 24.4 Å². The van der Waals surface area contributed by atoms with Crippen molar-refractivity contribution >= 4 is 11.8 Å². The van der Waals surface area contributed by atoms with Crippen molar-refractivity contribution < 1.29 is 14.0 Å². The van der Waals surface area contributed by atoms with Gasteiger partial charge < -0.3 is 14.2 Å². The van der Waals surface area contributed by atoms with E-state index < -0.39 is 0 Å². The third-order valence-electron chi connectivity index (χ3n) is 6.08. The minimum atomic E-state index is -0.167. The highest BCUT2D eigenvalue weighted by atomic mass is 16.3. The summed E-state index contributed by atoms with van der Waals surface area (Å²) in [6.07, 6.45) is 7.46. The summed E-state index contributed by atoms with van der Waals surface area (Å²) in [6.45, 7) is 3.11. The Labute approximate surface area is 152 Å². The van der Waals surface area contributed by atoms with Crippen LogP contribution in [0.4, 0.5) is 0 Å². The van der Waals surface area contributed by atoms with E-state index in [1.54, 1.807) is 31.6 Å². The summed E-state index contributed by atoms with van der Waals surface area (Å²) < 4.78 is 5.26. The maximum absolute atomic E-state index is 12.8. The van der Waals surface area contributed by atoms with Gasteiger partial charge in [0.25, 0.3) is 5.91 Å². The number of nitrogens with zero attached hydrogens (tertiary/aromatic N) is 3. The fourth-order valence-electron chi connectivity index (χ4n) is 4.36. The molecule has 2 amide bonds. The first-order valence-corrected chi connectivity index (χ1v) is 9.03. The van der Waals surface area contributed by atoms with Crippen molar-refractivity contribution in [2.24, 2.45) is 0 Å². The molecule has 26 heavy (non-hydrogen) atoms. The minimum absolute atomic E-state index is 0.0156. The standard InChI is InChI=1S/C20H23N3O3/c1-14-16(5-11-26-14)19(25)23-9-6-20(7-10-23)12-17(18(24)22(20)2)15-4-3-8-21-13-15/h3-5,8,11,13,17H,6-7,9-10,12H2,1-2H3/t17-/m1/s1. The van der Waals surface area contributed by atoms with E-state index in [9.17, 15) is 9.59 Å². The van der Waals surface area contributed by atoms with Gasteiger partial charge in [0.2, 0.25) is 5.91 Å². The molecule has 2 aromatic heterocycles. The van der Waals surface area contributed by atoms with Crippen LogP contribution >= 0.6 is 0 Å². The van der Waals surface area contributed by atoms with Crippen LogP contribution in [0.5, 0.6) is 0 Å². The first kappa shape index (κ1) is 16.8. The fraction of sp³-hybridized carbons (Fsp3) is 0.450. The van der Waals surface area contributed by atoms with Crippen LogP contribution in [-0.4, -0.2) is 52.3 Å². The number of rotatable bonds is 2. The number of aromatic nitrogens is 1. The van der Waals surface area contributed by atoms with Crippen molar-refractivity contribution in [2.75, 3.05) is 20.1 Å². The molecule has 2 aliphatic heterocycles. The largest absolute Gasteiger partial charge is 0.469 e. The SMILES string of the molecule is Cc1occc1C(=O)N1CCC2(CC1)C[C@H](c1cccnc1)C(=O)N2C. The number of furan rings is 1. The minimum Gasteiger partial charge on any atom is -0.469 e. The van der Waals surface area contributed by atoms with E-state index in [0.717, 1.165) is 24.8 Å². The molecule has 6 nitrogen and oxygen atoms in total. The molecule has 1 atom stereocenters. The number of carbonyl (C=O) groups is 2. The van der Waals surface area contributed by atoms with Gasteiger partial charge in [-0.25, -0.2) is 0 Å². The predicted octanol–water partition coefficient (Wildman–Crippen LogP) is 2.60. The van der Waals surface area contributed by atoms with E-state index in [1.165, 1.54) is 0 Å². The van der Waals surface area contributed by atoms with Crippen molar-refractivity contribution in [1.82, 2.24) is 14.8 Å². The second-order valence-electron chi connectivity index (χ2n) is 7.35. The first-order chi connectivity index (χ1) is 12.5. The molecule has 4 rings (SSSR count). The average molecular weight is 353 g/mol. The topological polar surface area (TPSA) is 66.7 Å². The number of pyridine rings is 1. The molecule has 0 aliphatic carbocycles. The number of aryl methyl sites for hydroxylation is 1. The van der Waals surface area contributed by atoms with Crippen LogP contribution in [0.15, 0.2) is 41.3 Å². The van der Waals surface area contributed by atoms with E-state index in [2.05, 4.69) is 4.98 Å². The van der Waals surface area contributed by atoms with Crippen molar-refractivity contribution in [3.63, 3.8) is 0 Å². The summed E-state index contributed by atoms with van der Waals surface area (Å²) >= 11 is 0. The summed E-state index contributed by atoms with van der Waals surface area (Å²) in [4.78, 5) is 33.5.